The molecule has 16 aromatic carbocycles. The van der Waals surface area contributed by atoms with Crippen LogP contribution in [0.4, 0.5) is 0 Å². The van der Waals surface area contributed by atoms with E-state index in [9.17, 15) is 0 Å². The van der Waals surface area contributed by atoms with Crippen LogP contribution in [0.5, 0.6) is 0 Å². The molecule has 0 aliphatic heterocycles. The number of rotatable bonds is 7. The molecule has 25 rings (SSSR count). The Kier molecular flexibility index (Phi) is 14.7. The zero-order valence-corrected chi connectivity index (χ0v) is 61.0. The third-order valence-electron chi connectivity index (χ3n) is 22.2. The third kappa shape index (κ3) is 10.2. The van der Waals surface area contributed by atoms with Gasteiger partial charge in [-0.1, -0.05) is 261 Å². The molecule has 114 heavy (non-hydrogen) atoms. The molecule has 532 valence electrons. The molecule has 0 N–H and O–H groups in total. The summed E-state index contributed by atoms with van der Waals surface area (Å²) in [7, 11) is 0. The molecule has 12 heteroatoms. The molecule has 0 amide bonds. The fourth-order valence-electron chi connectivity index (χ4n) is 17.3. The Morgan fingerprint density at radius 3 is 1.03 bits per heavy atom. The highest BCUT2D eigenvalue weighted by Gasteiger charge is 2.26. The van der Waals surface area contributed by atoms with E-state index in [1.54, 1.807) is 0 Å². The number of hydrogen-bond acceptors (Lipinski definition) is 9. The van der Waals surface area contributed by atoms with Gasteiger partial charge in [-0.25, -0.2) is 29.9 Å². The van der Waals surface area contributed by atoms with Crippen molar-refractivity contribution in [3.63, 3.8) is 0 Å². The highest BCUT2D eigenvalue weighted by Crippen LogP contribution is 2.46. The van der Waals surface area contributed by atoms with Crippen LogP contribution in [0.2, 0.25) is 0 Å². The van der Waals surface area contributed by atoms with Gasteiger partial charge in [-0.05, 0) is 125 Å². The minimum Gasteiger partial charge on any atom is -0.456 e. The van der Waals surface area contributed by atoms with Crippen molar-refractivity contribution in [3.05, 3.63) is 370 Å². The first-order valence-electron chi connectivity index (χ1n) is 38.2. The normalized spacial score (nSPS) is 11.9. The van der Waals surface area contributed by atoms with Crippen LogP contribution in [0.3, 0.4) is 0 Å². The summed E-state index contributed by atoms with van der Waals surface area (Å²) in [6.07, 6.45) is 0. The van der Waals surface area contributed by atoms with Gasteiger partial charge in [0.15, 0.2) is 11.6 Å². The van der Waals surface area contributed by atoms with Crippen molar-refractivity contribution in [2.45, 2.75) is 0 Å². The van der Waals surface area contributed by atoms with Crippen LogP contribution < -0.4 is 0 Å². The number of benzene rings is 16. The molecule has 0 aliphatic rings. The molecule has 0 saturated heterocycles. The van der Waals surface area contributed by atoms with Gasteiger partial charge in [-0.15, -0.1) is 0 Å². The minimum absolute atomic E-state index is 0.649. The molecule has 0 unspecified atom stereocenters. The summed E-state index contributed by atoms with van der Waals surface area (Å²) >= 11 is 0. The van der Waals surface area contributed by atoms with Crippen molar-refractivity contribution < 1.29 is 13.3 Å². The Bertz CT molecular complexity index is 8200. The molecular formula is C102H61N9O3. The van der Waals surface area contributed by atoms with Crippen LogP contribution in [0.1, 0.15) is 0 Å². The Labute approximate surface area is 649 Å². The second-order valence-corrected chi connectivity index (χ2v) is 28.7. The zero-order valence-electron chi connectivity index (χ0n) is 61.0. The van der Waals surface area contributed by atoms with Gasteiger partial charge in [-0.3, -0.25) is 9.13 Å². The number of hydrogen-bond donors (Lipinski definition) is 0. The van der Waals surface area contributed by atoms with E-state index in [0.29, 0.717) is 11.8 Å². The number of aromatic nitrogens is 9. The van der Waals surface area contributed by atoms with Crippen LogP contribution in [-0.4, -0.2) is 43.6 Å². The lowest BCUT2D eigenvalue weighted by atomic mass is 10.1. The van der Waals surface area contributed by atoms with Gasteiger partial charge in [0, 0.05) is 71.0 Å². The van der Waals surface area contributed by atoms with Crippen LogP contribution in [0, 0.1) is 0 Å². The van der Waals surface area contributed by atoms with E-state index in [-0.39, 0.29) is 0 Å². The van der Waals surface area contributed by atoms with Gasteiger partial charge >= 0.3 is 0 Å². The molecule has 0 fully saturated rings. The summed E-state index contributed by atoms with van der Waals surface area (Å²) in [6.45, 7) is 0. The second-order valence-electron chi connectivity index (χ2n) is 28.7. The monoisotopic (exact) mass is 1460 g/mol. The van der Waals surface area contributed by atoms with Crippen molar-refractivity contribution in [1.29, 1.82) is 0 Å². The summed E-state index contributed by atoms with van der Waals surface area (Å²) in [5.41, 5.74) is 23.1. The number of nitrogens with zero attached hydrogens (tertiary/aromatic N) is 9. The van der Waals surface area contributed by atoms with Crippen molar-refractivity contribution in [2.24, 2.45) is 0 Å². The smallest absolute Gasteiger partial charge is 0.235 e. The maximum Gasteiger partial charge on any atom is 0.235 e. The van der Waals surface area contributed by atoms with E-state index < -0.39 is 0 Å². The lowest BCUT2D eigenvalue weighted by Gasteiger charge is -2.13. The van der Waals surface area contributed by atoms with Crippen LogP contribution in [-0.2, 0) is 0 Å². The molecule has 9 aromatic heterocycles. The van der Waals surface area contributed by atoms with Gasteiger partial charge in [0.2, 0.25) is 5.95 Å². The van der Waals surface area contributed by atoms with E-state index in [1.807, 2.05) is 152 Å². The van der Waals surface area contributed by atoms with Crippen molar-refractivity contribution >= 4 is 164 Å². The molecular weight excluding hydrogens is 1400 g/mol. The first-order chi connectivity index (χ1) is 56.6. The maximum atomic E-state index is 6.53. The Hall–Kier alpha value is -15.7. The van der Waals surface area contributed by atoms with Gasteiger partial charge in [0.25, 0.3) is 0 Å². The number of para-hydroxylation sites is 7. The SMILES string of the molecule is c1ccc(-c2nc(-c3cccc(-n4c5cccc6oc7ccccc7c7cccc4c7c65)c3)nc3ccccc23)cc1.c1ccc(-c2nc(-n3c4cccc5oc6ccccc6c6cccc3c6c54)nc3ccccc23)cc1.c1ccc(-c2nc3ccccc3nc2-n2c3cccc4oc5ccccc5c5cccc2c5c43)cc1. The fourth-order valence-corrected chi connectivity index (χ4v) is 17.3. The van der Waals surface area contributed by atoms with Gasteiger partial charge in [-0.2, -0.15) is 0 Å². The van der Waals surface area contributed by atoms with Crippen molar-refractivity contribution in [1.82, 2.24) is 43.6 Å². The van der Waals surface area contributed by atoms with Gasteiger partial charge in [0.05, 0.1) is 82.7 Å². The predicted molar refractivity (Wildman–Crippen MR) is 465 cm³/mol. The van der Waals surface area contributed by atoms with Crippen LogP contribution in [0.15, 0.2) is 383 Å². The average Bonchev–Trinajstić information content (AvgIpc) is 1.56. The summed E-state index contributed by atoms with van der Waals surface area (Å²) in [4.78, 5) is 30.7. The minimum atomic E-state index is 0.649. The Morgan fingerprint density at radius 2 is 0.526 bits per heavy atom. The molecule has 25 aromatic rings. The molecule has 9 heterocycles. The number of fused-ring (bicyclic) bond motifs is 9. The standard InChI is InChI=1S/C38H23N3O.2C32H19N3O/c1-2-11-24(12-3-1)37-29-16-4-6-18-30(29)39-38(40-37)25-13-8-14-26(23-25)41-31-19-9-17-28-27-15-5-7-21-33(27)42-34-22-10-20-32(41)36(34)35(28)31;1-2-10-20(11-3-1)31-32(34-24-15-6-5-14-23(24)33-31)35-25-16-8-13-22-21-12-4-7-18-27(21)36-28-19-9-17-26(35)30(28)29(22)25;1-2-10-20(11-3-1)31-23-13-4-6-15-24(23)33-32(34-31)35-25-16-8-14-22-21-12-5-7-18-27(21)36-28-19-9-17-26(35)30(28)29(22)25/h1-23H;2*1-19H. The summed E-state index contributed by atoms with van der Waals surface area (Å²) in [5.74, 6) is 2.16. The third-order valence-corrected chi connectivity index (χ3v) is 22.2. The first kappa shape index (κ1) is 64.3. The quantitative estimate of drug-likeness (QED) is 0.153. The average molecular weight is 1460 g/mol. The van der Waals surface area contributed by atoms with E-state index in [1.165, 1.54) is 16.2 Å². The lowest BCUT2D eigenvalue weighted by molar-refractivity contribution is 0.663. The van der Waals surface area contributed by atoms with E-state index >= 15 is 0 Å². The van der Waals surface area contributed by atoms with Crippen molar-refractivity contribution in [2.75, 3.05) is 0 Å². The summed E-state index contributed by atoms with van der Waals surface area (Å²) in [6, 6.07) is 127. The lowest BCUT2D eigenvalue weighted by Crippen LogP contribution is -2.03. The maximum absolute atomic E-state index is 6.53. The van der Waals surface area contributed by atoms with Crippen molar-refractivity contribution in [3.8, 4) is 62.6 Å². The largest absolute Gasteiger partial charge is 0.456 e. The molecule has 0 aliphatic carbocycles. The molecule has 0 bridgehead atoms. The second kappa shape index (κ2) is 26.0. The topological polar surface area (TPSA) is 132 Å². The highest BCUT2D eigenvalue weighted by atomic mass is 16.3. The molecule has 0 radical (unpaired) electrons. The van der Waals surface area contributed by atoms with E-state index in [4.69, 9.17) is 43.2 Å². The van der Waals surface area contributed by atoms with Gasteiger partial charge in [0.1, 0.15) is 39.2 Å². The summed E-state index contributed by atoms with van der Waals surface area (Å²) in [5, 5.41) is 15.7. The van der Waals surface area contributed by atoms with E-state index in [2.05, 4.69) is 232 Å². The Morgan fingerprint density at radius 1 is 0.193 bits per heavy atom. The molecule has 0 atom stereocenters. The summed E-state index contributed by atoms with van der Waals surface area (Å²) < 4.78 is 26.3. The molecule has 0 spiro atoms. The zero-order chi connectivity index (χ0) is 74.9. The fraction of sp³-hybridized carbons (Fsp3) is 0. The van der Waals surface area contributed by atoms with Crippen LogP contribution in [0.25, 0.3) is 227 Å². The molecule has 12 nitrogen and oxygen atoms in total. The molecule has 0 saturated carbocycles. The van der Waals surface area contributed by atoms with Crippen LogP contribution >= 0.6 is 0 Å². The Balaban J connectivity index is 0.000000102. The predicted octanol–water partition coefficient (Wildman–Crippen LogP) is 26.5. The first-order valence-corrected chi connectivity index (χ1v) is 38.2. The highest BCUT2D eigenvalue weighted by molar-refractivity contribution is 6.29. The van der Waals surface area contributed by atoms with E-state index in [0.717, 1.165) is 199 Å². The van der Waals surface area contributed by atoms with Gasteiger partial charge < -0.3 is 17.8 Å².